The van der Waals surface area contributed by atoms with Crippen molar-refractivity contribution in [3.8, 4) is 5.69 Å². The van der Waals surface area contributed by atoms with Crippen molar-refractivity contribution in [2.24, 2.45) is 0 Å². The fourth-order valence-electron chi connectivity index (χ4n) is 1.96. The fourth-order valence-corrected chi connectivity index (χ4v) is 2.34. The van der Waals surface area contributed by atoms with Crippen LogP contribution in [0.1, 0.15) is 12.7 Å². The smallest absolute Gasteiger partial charge is 0.156 e. The van der Waals surface area contributed by atoms with Gasteiger partial charge in [0, 0.05) is 10.9 Å². The molecule has 1 aromatic heterocycles. The second kappa shape index (κ2) is 4.49. The van der Waals surface area contributed by atoms with Gasteiger partial charge in [0.05, 0.1) is 5.69 Å². The van der Waals surface area contributed by atoms with Crippen LogP contribution >= 0.6 is 15.9 Å². The van der Waals surface area contributed by atoms with Gasteiger partial charge >= 0.3 is 0 Å². The number of hydrogen-bond acceptors (Lipinski definition) is 3. The number of benzene rings is 2. The molecule has 0 N–H and O–H groups in total. The van der Waals surface area contributed by atoms with Crippen molar-refractivity contribution < 1.29 is 0 Å². The summed E-state index contributed by atoms with van der Waals surface area (Å²) in [4.78, 5) is 0. The minimum atomic E-state index is 0.811. The van der Waals surface area contributed by atoms with Crippen LogP contribution in [0.2, 0.25) is 0 Å². The lowest BCUT2D eigenvalue weighted by Gasteiger charge is -2.05. The van der Waals surface area contributed by atoms with Crippen LogP contribution in [0.3, 0.4) is 0 Å². The molecule has 5 heteroatoms. The number of hydrogen-bond donors (Lipinski definition) is 0. The van der Waals surface area contributed by atoms with E-state index in [1.165, 1.54) is 10.8 Å². The number of halogens is 1. The van der Waals surface area contributed by atoms with Gasteiger partial charge in [-0.25, -0.2) is 0 Å². The zero-order valence-electron chi connectivity index (χ0n) is 9.84. The van der Waals surface area contributed by atoms with E-state index in [1.54, 1.807) is 4.68 Å². The molecule has 0 fully saturated rings. The molecule has 3 rings (SSSR count). The molecule has 18 heavy (non-hydrogen) atoms. The van der Waals surface area contributed by atoms with Crippen LogP contribution in [0.25, 0.3) is 16.5 Å². The van der Waals surface area contributed by atoms with Crippen molar-refractivity contribution in [3.05, 3.63) is 46.7 Å². The number of aryl methyl sites for hydroxylation is 1. The van der Waals surface area contributed by atoms with Gasteiger partial charge in [0.25, 0.3) is 0 Å². The Morgan fingerprint density at radius 1 is 1.11 bits per heavy atom. The van der Waals surface area contributed by atoms with Gasteiger partial charge in [-0.1, -0.05) is 35.0 Å². The van der Waals surface area contributed by atoms with Crippen LogP contribution in [0.15, 0.2) is 40.9 Å². The maximum absolute atomic E-state index is 4.03. The summed E-state index contributed by atoms with van der Waals surface area (Å²) < 4.78 is 2.86. The maximum atomic E-state index is 4.03. The predicted molar refractivity (Wildman–Crippen MR) is 73.7 cm³/mol. The van der Waals surface area contributed by atoms with Crippen molar-refractivity contribution in [3.63, 3.8) is 0 Å². The molecular formula is C13H11BrN4. The van der Waals surface area contributed by atoms with Gasteiger partial charge in [0.2, 0.25) is 0 Å². The maximum Gasteiger partial charge on any atom is 0.156 e. The van der Waals surface area contributed by atoms with E-state index in [0.29, 0.717) is 0 Å². The molecule has 0 unspecified atom stereocenters. The van der Waals surface area contributed by atoms with Gasteiger partial charge in [-0.2, -0.15) is 4.68 Å². The van der Waals surface area contributed by atoms with Gasteiger partial charge in [0.15, 0.2) is 5.82 Å². The lowest BCUT2D eigenvalue weighted by Crippen LogP contribution is -2.01. The minimum Gasteiger partial charge on any atom is -0.197 e. The normalized spacial score (nSPS) is 11.0. The van der Waals surface area contributed by atoms with Crippen LogP contribution in [0.5, 0.6) is 0 Å². The van der Waals surface area contributed by atoms with E-state index in [2.05, 4.69) is 55.7 Å². The number of rotatable bonds is 2. The molecule has 0 aliphatic rings. The van der Waals surface area contributed by atoms with Crippen LogP contribution in [-0.4, -0.2) is 20.2 Å². The third kappa shape index (κ3) is 1.90. The quantitative estimate of drug-likeness (QED) is 0.730. The highest BCUT2D eigenvalue weighted by atomic mass is 79.9. The van der Waals surface area contributed by atoms with Crippen molar-refractivity contribution >= 4 is 26.7 Å². The Morgan fingerprint density at radius 2 is 1.89 bits per heavy atom. The number of nitrogens with zero attached hydrogens (tertiary/aromatic N) is 4. The summed E-state index contributed by atoms with van der Waals surface area (Å²) in [7, 11) is 0. The third-order valence-electron chi connectivity index (χ3n) is 2.88. The van der Waals surface area contributed by atoms with Crippen LogP contribution < -0.4 is 0 Å². The lowest BCUT2D eigenvalue weighted by atomic mass is 10.1. The molecule has 0 spiro atoms. The molecule has 0 radical (unpaired) electrons. The molecule has 3 aromatic rings. The second-order valence-corrected chi connectivity index (χ2v) is 4.95. The average molecular weight is 303 g/mol. The molecule has 0 saturated carbocycles. The highest BCUT2D eigenvalue weighted by molar-refractivity contribution is 9.10. The van der Waals surface area contributed by atoms with E-state index in [9.17, 15) is 0 Å². The highest BCUT2D eigenvalue weighted by Crippen LogP contribution is 2.22. The summed E-state index contributed by atoms with van der Waals surface area (Å²) in [6, 6.07) is 12.4. The minimum absolute atomic E-state index is 0.811. The molecule has 1 heterocycles. The molecule has 0 aliphatic heterocycles. The van der Waals surface area contributed by atoms with Crippen molar-refractivity contribution in [1.29, 1.82) is 0 Å². The Balaban J connectivity index is 2.16. The van der Waals surface area contributed by atoms with Crippen LogP contribution in [0, 0.1) is 0 Å². The van der Waals surface area contributed by atoms with E-state index >= 15 is 0 Å². The van der Waals surface area contributed by atoms with Gasteiger partial charge in [-0.15, -0.1) is 5.10 Å². The number of aromatic nitrogens is 4. The molecule has 0 aliphatic carbocycles. The first-order chi connectivity index (χ1) is 8.78. The SMILES string of the molecule is CCc1nnnn1-c1ccc2cc(Br)ccc2c1. The first-order valence-corrected chi connectivity index (χ1v) is 6.54. The summed E-state index contributed by atoms with van der Waals surface area (Å²) in [5, 5.41) is 14.1. The zero-order valence-corrected chi connectivity index (χ0v) is 11.4. The summed E-state index contributed by atoms with van der Waals surface area (Å²) in [6.45, 7) is 2.04. The van der Waals surface area contributed by atoms with E-state index < -0.39 is 0 Å². The molecule has 0 amide bonds. The monoisotopic (exact) mass is 302 g/mol. The van der Waals surface area contributed by atoms with E-state index in [-0.39, 0.29) is 0 Å². The van der Waals surface area contributed by atoms with Gasteiger partial charge in [0.1, 0.15) is 0 Å². The Hall–Kier alpha value is -1.75. The summed E-state index contributed by atoms with van der Waals surface area (Å²) >= 11 is 3.47. The predicted octanol–water partition coefficient (Wildman–Crippen LogP) is 3.14. The largest absolute Gasteiger partial charge is 0.197 e. The van der Waals surface area contributed by atoms with Crippen molar-refractivity contribution in [2.75, 3.05) is 0 Å². The Bertz CT molecular complexity index is 705. The second-order valence-electron chi connectivity index (χ2n) is 4.04. The molecule has 4 nitrogen and oxygen atoms in total. The van der Waals surface area contributed by atoms with Gasteiger partial charge < -0.3 is 0 Å². The van der Waals surface area contributed by atoms with Gasteiger partial charge in [-0.3, -0.25) is 0 Å². The number of tetrazole rings is 1. The number of fused-ring (bicyclic) bond motifs is 1. The Kier molecular flexibility index (Phi) is 2.83. The molecule has 0 bridgehead atoms. The standard InChI is InChI=1S/C13H11BrN4/c1-2-13-15-16-17-18(13)12-6-4-9-7-11(14)5-3-10(9)8-12/h3-8H,2H2,1H3. The van der Waals surface area contributed by atoms with E-state index in [1.807, 2.05) is 19.1 Å². The molecular weight excluding hydrogens is 292 g/mol. The van der Waals surface area contributed by atoms with Crippen molar-refractivity contribution in [2.45, 2.75) is 13.3 Å². The van der Waals surface area contributed by atoms with E-state index in [4.69, 9.17) is 0 Å². The third-order valence-corrected chi connectivity index (χ3v) is 3.37. The molecule has 0 atom stereocenters. The van der Waals surface area contributed by atoms with Crippen molar-refractivity contribution in [1.82, 2.24) is 20.2 Å². The van der Waals surface area contributed by atoms with Crippen LogP contribution in [0.4, 0.5) is 0 Å². The topological polar surface area (TPSA) is 43.6 Å². The molecule has 2 aromatic carbocycles. The zero-order chi connectivity index (χ0) is 12.5. The van der Waals surface area contributed by atoms with Crippen LogP contribution in [-0.2, 0) is 6.42 Å². The first kappa shape index (κ1) is 11.3. The average Bonchev–Trinajstić information content (AvgIpc) is 2.86. The Labute approximate surface area is 113 Å². The molecule has 0 saturated heterocycles. The first-order valence-electron chi connectivity index (χ1n) is 5.75. The van der Waals surface area contributed by atoms with E-state index in [0.717, 1.165) is 22.4 Å². The molecule has 90 valence electrons. The lowest BCUT2D eigenvalue weighted by molar-refractivity contribution is 0.767. The highest BCUT2D eigenvalue weighted by Gasteiger charge is 2.06. The Morgan fingerprint density at radius 3 is 2.72 bits per heavy atom. The fraction of sp³-hybridized carbons (Fsp3) is 0.154. The van der Waals surface area contributed by atoms with Gasteiger partial charge in [-0.05, 0) is 45.5 Å². The summed E-state index contributed by atoms with van der Waals surface area (Å²) in [5.74, 6) is 0.867. The summed E-state index contributed by atoms with van der Waals surface area (Å²) in [6.07, 6.45) is 0.811. The summed E-state index contributed by atoms with van der Waals surface area (Å²) in [5.41, 5.74) is 0.992.